The number of carbonyl (C=O) groups is 4. The lowest BCUT2D eigenvalue weighted by Gasteiger charge is -2.31. The molecular weight excluding hydrogens is 508 g/mol. The van der Waals surface area contributed by atoms with Crippen molar-refractivity contribution in [1.29, 1.82) is 0 Å². The summed E-state index contributed by atoms with van der Waals surface area (Å²) in [7, 11) is 0. The van der Waals surface area contributed by atoms with E-state index in [2.05, 4.69) is 5.32 Å². The summed E-state index contributed by atoms with van der Waals surface area (Å²) in [6.07, 6.45) is 1.63. The number of aryl methyl sites for hydroxylation is 1. The average Bonchev–Trinajstić information content (AvgIpc) is 3.65. The Morgan fingerprint density at radius 2 is 1.44 bits per heavy atom. The monoisotopic (exact) mass is 541 g/mol. The van der Waals surface area contributed by atoms with Gasteiger partial charge in [0.05, 0.1) is 6.04 Å². The Morgan fingerprint density at radius 3 is 2.10 bits per heavy atom. The molecule has 0 spiro atoms. The van der Waals surface area contributed by atoms with Crippen molar-refractivity contribution in [3.63, 3.8) is 0 Å². The highest BCUT2D eigenvalue weighted by Gasteiger charge is 2.54. The van der Waals surface area contributed by atoms with Crippen LogP contribution in [0.2, 0.25) is 0 Å². The minimum atomic E-state index is -4.27. The number of benzene rings is 2. The summed E-state index contributed by atoms with van der Waals surface area (Å²) in [6.45, 7) is 0.423. The zero-order chi connectivity index (χ0) is 27.8. The number of ketones is 1. The maximum atomic E-state index is 14.9. The minimum absolute atomic E-state index is 0.00790. The lowest BCUT2D eigenvalue weighted by atomic mass is 10.0. The fourth-order valence-electron chi connectivity index (χ4n) is 5.11. The molecule has 4 rings (SSSR count). The highest BCUT2D eigenvalue weighted by molar-refractivity contribution is 6.10. The quantitative estimate of drug-likeness (QED) is 0.365. The fourth-order valence-corrected chi connectivity index (χ4v) is 5.11. The molecule has 8 nitrogen and oxygen atoms in total. The SMILES string of the molecule is O=C([C@H]1CCCN1C(=O)OCc1ccccc1)N1CCCC1C(=O)C(F)(F)C(=O)NCCCc1ccccc1. The highest BCUT2D eigenvalue weighted by atomic mass is 19.3. The molecule has 2 fully saturated rings. The summed E-state index contributed by atoms with van der Waals surface area (Å²) in [6, 6.07) is 16.2. The van der Waals surface area contributed by atoms with Crippen LogP contribution in [-0.2, 0) is 32.1 Å². The van der Waals surface area contributed by atoms with Crippen molar-refractivity contribution in [2.24, 2.45) is 0 Å². The second kappa shape index (κ2) is 12.8. The minimum Gasteiger partial charge on any atom is -0.445 e. The zero-order valence-corrected chi connectivity index (χ0v) is 21.7. The topological polar surface area (TPSA) is 96.0 Å². The molecule has 0 aromatic heterocycles. The van der Waals surface area contributed by atoms with Crippen molar-refractivity contribution in [3.8, 4) is 0 Å². The van der Waals surface area contributed by atoms with Gasteiger partial charge in [0.25, 0.3) is 5.91 Å². The second-order valence-corrected chi connectivity index (χ2v) is 9.86. The van der Waals surface area contributed by atoms with Gasteiger partial charge in [-0.15, -0.1) is 0 Å². The molecule has 39 heavy (non-hydrogen) atoms. The summed E-state index contributed by atoms with van der Waals surface area (Å²) in [5.41, 5.74) is 1.80. The maximum absolute atomic E-state index is 14.9. The predicted octanol–water partition coefficient (Wildman–Crippen LogP) is 3.73. The molecule has 2 aliphatic rings. The Hall–Kier alpha value is -3.82. The molecule has 2 atom stereocenters. The lowest BCUT2D eigenvalue weighted by molar-refractivity contribution is -0.163. The van der Waals surface area contributed by atoms with Crippen LogP contribution in [0.5, 0.6) is 0 Å². The fraction of sp³-hybridized carbons (Fsp3) is 0.448. The summed E-state index contributed by atoms with van der Waals surface area (Å²) in [5, 5.41) is 2.16. The summed E-state index contributed by atoms with van der Waals surface area (Å²) in [5.74, 6) is -8.10. The standard InChI is InChI=1S/C29H33F2N3O5/c30-29(31,27(37)32-17-7-14-21-10-3-1-4-11-21)25(35)23-15-8-18-33(23)26(36)24-16-9-19-34(24)28(38)39-20-22-12-5-2-6-13-22/h1-6,10-13,23-24H,7-9,14-20H2,(H,32,37)/t23?,24-/m1/s1. The van der Waals surface area contributed by atoms with E-state index in [1.54, 1.807) is 12.1 Å². The largest absolute Gasteiger partial charge is 0.445 e. The summed E-state index contributed by atoms with van der Waals surface area (Å²) in [4.78, 5) is 53.6. The van der Waals surface area contributed by atoms with E-state index < -0.39 is 41.7 Å². The van der Waals surface area contributed by atoms with Gasteiger partial charge in [-0.05, 0) is 49.7 Å². The van der Waals surface area contributed by atoms with Gasteiger partial charge in [0.15, 0.2) is 0 Å². The normalized spacial score (nSPS) is 19.1. The third-order valence-electron chi connectivity index (χ3n) is 7.18. The molecule has 2 aromatic rings. The third kappa shape index (κ3) is 6.79. The Bertz CT molecular complexity index is 1160. The molecule has 3 amide bonds. The molecule has 2 saturated heterocycles. The molecule has 10 heteroatoms. The molecule has 1 unspecified atom stereocenters. The Kier molecular flexibility index (Phi) is 9.27. The van der Waals surface area contributed by atoms with Crippen molar-refractivity contribution in [3.05, 3.63) is 71.8 Å². The second-order valence-electron chi connectivity index (χ2n) is 9.86. The molecule has 1 N–H and O–H groups in total. The van der Waals surface area contributed by atoms with Gasteiger partial charge in [-0.1, -0.05) is 60.7 Å². The van der Waals surface area contributed by atoms with E-state index in [-0.39, 0.29) is 32.7 Å². The molecule has 0 bridgehead atoms. The summed E-state index contributed by atoms with van der Waals surface area (Å²) < 4.78 is 35.2. The van der Waals surface area contributed by atoms with Crippen molar-refractivity contribution in [1.82, 2.24) is 15.1 Å². The first kappa shape index (κ1) is 28.2. The number of likely N-dealkylation sites (tertiary alicyclic amines) is 2. The summed E-state index contributed by atoms with van der Waals surface area (Å²) >= 11 is 0. The third-order valence-corrected chi connectivity index (χ3v) is 7.18. The van der Waals surface area contributed by atoms with Gasteiger partial charge >= 0.3 is 12.0 Å². The van der Waals surface area contributed by atoms with E-state index in [4.69, 9.17) is 4.74 Å². The molecule has 2 aromatic carbocycles. The highest BCUT2D eigenvalue weighted by Crippen LogP contribution is 2.30. The van der Waals surface area contributed by atoms with E-state index in [9.17, 15) is 28.0 Å². The van der Waals surface area contributed by atoms with Gasteiger partial charge < -0.3 is 15.0 Å². The molecule has 0 radical (unpaired) electrons. The van der Waals surface area contributed by atoms with Crippen LogP contribution in [0.25, 0.3) is 0 Å². The average molecular weight is 542 g/mol. The number of nitrogens with one attached hydrogen (secondary N) is 1. The van der Waals surface area contributed by atoms with E-state index in [0.717, 1.165) is 16.0 Å². The van der Waals surface area contributed by atoms with Crippen molar-refractivity contribution < 1.29 is 32.7 Å². The van der Waals surface area contributed by atoms with Crippen molar-refractivity contribution in [2.45, 2.75) is 63.1 Å². The molecule has 2 heterocycles. The van der Waals surface area contributed by atoms with Crippen LogP contribution < -0.4 is 5.32 Å². The molecular formula is C29H33F2N3O5. The zero-order valence-electron chi connectivity index (χ0n) is 21.7. The van der Waals surface area contributed by atoms with E-state index in [0.29, 0.717) is 32.1 Å². The Morgan fingerprint density at radius 1 is 0.846 bits per heavy atom. The number of hydrogen-bond acceptors (Lipinski definition) is 5. The van der Waals surface area contributed by atoms with Gasteiger partial charge in [-0.3, -0.25) is 19.3 Å². The number of ether oxygens (including phenoxy) is 1. The number of Topliss-reactive ketones (excluding diaryl/α,β-unsaturated/α-hetero) is 1. The number of carbonyl (C=O) groups excluding carboxylic acids is 4. The van der Waals surface area contributed by atoms with Gasteiger partial charge in [0.2, 0.25) is 11.7 Å². The smallest absolute Gasteiger partial charge is 0.410 e. The van der Waals surface area contributed by atoms with Gasteiger partial charge in [0, 0.05) is 19.6 Å². The molecule has 2 aliphatic heterocycles. The lowest BCUT2D eigenvalue weighted by Crippen LogP contribution is -2.56. The number of nitrogens with zero attached hydrogens (tertiary/aromatic N) is 2. The van der Waals surface area contributed by atoms with Crippen molar-refractivity contribution >= 4 is 23.7 Å². The van der Waals surface area contributed by atoms with Gasteiger partial charge in [-0.25, -0.2) is 4.79 Å². The molecule has 208 valence electrons. The van der Waals surface area contributed by atoms with E-state index in [1.165, 1.54) is 4.90 Å². The van der Waals surface area contributed by atoms with E-state index >= 15 is 0 Å². The van der Waals surface area contributed by atoms with Crippen LogP contribution in [-0.4, -0.2) is 71.1 Å². The maximum Gasteiger partial charge on any atom is 0.410 e. The van der Waals surface area contributed by atoms with Crippen LogP contribution in [0.4, 0.5) is 13.6 Å². The van der Waals surface area contributed by atoms with Crippen LogP contribution in [0.1, 0.15) is 43.2 Å². The Balaban J connectivity index is 1.32. The van der Waals surface area contributed by atoms with Crippen LogP contribution in [0, 0.1) is 0 Å². The van der Waals surface area contributed by atoms with Crippen LogP contribution >= 0.6 is 0 Å². The van der Waals surface area contributed by atoms with Crippen LogP contribution in [0.3, 0.4) is 0 Å². The number of hydrogen-bond donors (Lipinski definition) is 1. The van der Waals surface area contributed by atoms with E-state index in [1.807, 2.05) is 48.5 Å². The first-order valence-electron chi connectivity index (χ1n) is 13.3. The van der Waals surface area contributed by atoms with Gasteiger partial charge in [-0.2, -0.15) is 8.78 Å². The Labute approximate surface area is 226 Å². The number of rotatable bonds is 10. The first-order chi connectivity index (χ1) is 18.8. The first-order valence-corrected chi connectivity index (χ1v) is 13.3. The van der Waals surface area contributed by atoms with Crippen molar-refractivity contribution in [2.75, 3.05) is 19.6 Å². The molecule has 0 aliphatic carbocycles. The number of amides is 3. The van der Waals surface area contributed by atoms with Crippen LogP contribution in [0.15, 0.2) is 60.7 Å². The van der Waals surface area contributed by atoms with Gasteiger partial charge in [0.1, 0.15) is 12.6 Å². The number of alkyl halides is 2. The number of halogens is 2. The molecule has 0 saturated carbocycles. The predicted molar refractivity (Wildman–Crippen MR) is 139 cm³/mol.